The molecule has 0 unspecified atom stereocenters. The topological polar surface area (TPSA) is 150 Å². The smallest absolute Gasteiger partial charge is 0.390 e. The van der Waals surface area contributed by atoms with E-state index in [0.717, 1.165) is 0 Å². The first kappa shape index (κ1) is 8.16. The van der Waals surface area contributed by atoms with E-state index in [1.807, 2.05) is 0 Å². The maximum Gasteiger partial charge on any atom is 0.433 e. The molecular formula is C5H5N7O2. The number of hydrogen-bond acceptors (Lipinski definition) is 7. The van der Waals surface area contributed by atoms with Gasteiger partial charge < -0.3 is 21.6 Å². The average molecular weight is 195 g/mol. The first-order valence-electron chi connectivity index (χ1n) is 3.51. The molecule has 2 rings (SSSR count). The average Bonchev–Trinajstić information content (AvgIpc) is 2.57. The SMILES string of the molecule is Nc1nnc(N)c2[nH]c([N+](=O)[O-])nc12. The fourth-order valence-electron chi connectivity index (χ4n) is 1.02. The molecular weight excluding hydrogens is 190 g/mol. The highest BCUT2D eigenvalue weighted by Gasteiger charge is 2.19. The van der Waals surface area contributed by atoms with Gasteiger partial charge >= 0.3 is 5.95 Å². The summed E-state index contributed by atoms with van der Waals surface area (Å²) in [6.07, 6.45) is 0. The molecule has 0 aliphatic rings. The van der Waals surface area contributed by atoms with Gasteiger partial charge in [0.05, 0.1) is 0 Å². The van der Waals surface area contributed by atoms with Crippen LogP contribution in [0.4, 0.5) is 17.6 Å². The number of rotatable bonds is 1. The van der Waals surface area contributed by atoms with Crippen LogP contribution in [-0.4, -0.2) is 25.1 Å². The lowest BCUT2D eigenvalue weighted by atomic mass is 10.4. The second kappa shape index (κ2) is 2.52. The minimum absolute atomic E-state index is 0.00134. The molecule has 0 aliphatic carbocycles. The minimum Gasteiger partial charge on any atom is -0.390 e. The van der Waals surface area contributed by atoms with E-state index in [0.29, 0.717) is 0 Å². The number of H-pyrrole nitrogens is 1. The van der Waals surface area contributed by atoms with Gasteiger partial charge in [-0.15, -0.1) is 10.2 Å². The van der Waals surface area contributed by atoms with Crippen molar-refractivity contribution in [3.05, 3.63) is 10.1 Å². The minimum atomic E-state index is -0.682. The summed E-state index contributed by atoms with van der Waals surface area (Å²) in [7, 11) is 0. The van der Waals surface area contributed by atoms with Crippen LogP contribution in [0.5, 0.6) is 0 Å². The molecule has 0 spiro atoms. The fourth-order valence-corrected chi connectivity index (χ4v) is 1.02. The van der Waals surface area contributed by atoms with Crippen molar-refractivity contribution in [2.75, 3.05) is 11.5 Å². The molecule has 0 atom stereocenters. The Bertz CT molecular complexity index is 479. The van der Waals surface area contributed by atoms with Gasteiger partial charge in [-0.2, -0.15) is 0 Å². The van der Waals surface area contributed by atoms with E-state index in [-0.39, 0.29) is 22.7 Å². The van der Waals surface area contributed by atoms with Crippen molar-refractivity contribution in [3.8, 4) is 0 Å². The summed E-state index contributed by atoms with van der Waals surface area (Å²) < 4.78 is 0. The van der Waals surface area contributed by atoms with Crippen LogP contribution in [0.3, 0.4) is 0 Å². The van der Waals surface area contributed by atoms with Crippen molar-refractivity contribution < 1.29 is 4.92 Å². The van der Waals surface area contributed by atoms with E-state index in [2.05, 4.69) is 20.2 Å². The Morgan fingerprint density at radius 2 is 1.93 bits per heavy atom. The number of imidazole rings is 1. The Balaban J connectivity index is 2.82. The first-order chi connectivity index (χ1) is 6.59. The number of anilines is 2. The highest BCUT2D eigenvalue weighted by atomic mass is 16.6. The number of nitrogens with zero attached hydrogens (tertiary/aromatic N) is 4. The Morgan fingerprint density at radius 1 is 1.29 bits per heavy atom. The Morgan fingerprint density at radius 3 is 2.50 bits per heavy atom. The molecule has 0 amide bonds. The van der Waals surface area contributed by atoms with Crippen LogP contribution in [0.25, 0.3) is 11.0 Å². The van der Waals surface area contributed by atoms with Gasteiger partial charge in [-0.1, -0.05) is 4.98 Å². The molecule has 2 aromatic heterocycles. The highest BCUT2D eigenvalue weighted by Crippen LogP contribution is 2.22. The van der Waals surface area contributed by atoms with Crippen LogP contribution in [0.2, 0.25) is 0 Å². The zero-order valence-electron chi connectivity index (χ0n) is 6.76. The molecule has 0 aromatic carbocycles. The molecule has 9 heteroatoms. The second-order valence-corrected chi connectivity index (χ2v) is 2.51. The zero-order valence-corrected chi connectivity index (χ0v) is 6.76. The monoisotopic (exact) mass is 195 g/mol. The lowest BCUT2D eigenvalue weighted by Crippen LogP contribution is -1.99. The molecule has 0 radical (unpaired) electrons. The summed E-state index contributed by atoms with van der Waals surface area (Å²) in [6.45, 7) is 0. The van der Waals surface area contributed by atoms with E-state index < -0.39 is 10.9 Å². The van der Waals surface area contributed by atoms with Gasteiger partial charge in [0.15, 0.2) is 17.2 Å². The van der Waals surface area contributed by atoms with Crippen molar-refractivity contribution in [2.45, 2.75) is 0 Å². The third kappa shape index (κ3) is 0.990. The van der Waals surface area contributed by atoms with Gasteiger partial charge in [-0.25, -0.2) is 4.98 Å². The molecule has 14 heavy (non-hydrogen) atoms. The fraction of sp³-hybridized carbons (Fsp3) is 0. The van der Waals surface area contributed by atoms with Gasteiger partial charge in [0, 0.05) is 0 Å². The van der Waals surface area contributed by atoms with Gasteiger partial charge in [-0.3, -0.25) is 0 Å². The molecule has 0 bridgehead atoms. The molecule has 0 saturated carbocycles. The highest BCUT2D eigenvalue weighted by molar-refractivity contribution is 5.91. The van der Waals surface area contributed by atoms with Crippen LogP contribution in [-0.2, 0) is 0 Å². The zero-order chi connectivity index (χ0) is 10.3. The molecule has 9 nitrogen and oxygen atoms in total. The van der Waals surface area contributed by atoms with Gasteiger partial charge in [0.25, 0.3) is 0 Å². The molecule has 0 saturated heterocycles. The second-order valence-electron chi connectivity index (χ2n) is 2.51. The molecule has 72 valence electrons. The number of nitrogen functional groups attached to an aromatic ring is 2. The van der Waals surface area contributed by atoms with Crippen molar-refractivity contribution >= 4 is 28.6 Å². The quantitative estimate of drug-likeness (QED) is 0.407. The summed E-state index contributed by atoms with van der Waals surface area (Å²) in [5.41, 5.74) is 11.2. The third-order valence-electron chi connectivity index (χ3n) is 1.63. The summed E-state index contributed by atoms with van der Waals surface area (Å²) in [5.74, 6) is -0.415. The molecule has 2 aromatic rings. The Hall–Kier alpha value is -2.45. The number of nitro groups is 1. The van der Waals surface area contributed by atoms with Crippen molar-refractivity contribution in [3.63, 3.8) is 0 Å². The number of fused-ring (bicyclic) bond motifs is 1. The van der Waals surface area contributed by atoms with E-state index in [9.17, 15) is 10.1 Å². The molecule has 0 fully saturated rings. The Labute approximate surface area is 76.3 Å². The number of nitrogens with two attached hydrogens (primary N) is 2. The largest absolute Gasteiger partial charge is 0.433 e. The third-order valence-corrected chi connectivity index (χ3v) is 1.63. The first-order valence-corrected chi connectivity index (χ1v) is 3.51. The van der Waals surface area contributed by atoms with Crippen LogP contribution in [0.15, 0.2) is 0 Å². The van der Waals surface area contributed by atoms with E-state index in [1.165, 1.54) is 0 Å². The molecule has 5 N–H and O–H groups in total. The van der Waals surface area contributed by atoms with Crippen LogP contribution in [0, 0.1) is 10.1 Å². The van der Waals surface area contributed by atoms with E-state index in [4.69, 9.17) is 11.5 Å². The van der Waals surface area contributed by atoms with E-state index in [1.54, 1.807) is 0 Å². The van der Waals surface area contributed by atoms with E-state index >= 15 is 0 Å². The number of hydrogen-bond donors (Lipinski definition) is 3. The summed E-state index contributed by atoms with van der Waals surface area (Å²) in [5, 5.41) is 17.3. The number of aromatic nitrogens is 4. The van der Waals surface area contributed by atoms with Crippen LogP contribution >= 0.6 is 0 Å². The van der Waals surface area contributed by atoms with Gasteiger partial charge in [-0.05, 0) is 4.92 Å². The van der Waals surface area contributed by atoms with Crippen LogP contribution in [0.1, 0.15) is 0 Å². The Kier molecular flexibility index (Phi) is 1.47. The lowest BCUT2D eigenvalue weighted by Gasteiger charge is -1.90. The van der Waals surface area contributed by atoms with Crippen molar-refractivity contribution in [2.24, 2.45) is 0 Å². The maximum atomic E-state index is 10.4. The van der Waals surface area contributed by atoms with Crippen LogP contribution < -0.4 is 11.5 Å². The lowest BCUT2D eigenvalue weighted by molar-refractivity contribution is -0.393. The maximum absolute atomic E-state index is 10.4. The van der Waals surface area contributed by atoms with Gasteiger partial charge in [0.2, 0.25) is 5.52 Å². The molecule has 0 aliphatic heterocycles. The predicted octanol–water partition coefficient (Wildman–Crippen LogP) is -0.575. The summed E-state index contributed by atoms with van der Waals surface area (Å²) in [4.78, 5) is 15.7. The number of aromatic amines is 1. The standard InChI is InChI=1S/C5H5N7O2/c6-3-1-2(4(7)11-10-3)9-5(8-1)12(13)14/h(H2,6,10)(H2,7,11)(H,8,9). The van der Waals surface area contributed by atoms with Crippen molar-refractivity contribution in [1.82, 2.24) is 20.2 Å². The molecule has 2 heterocycles. The normalized spacial score (nSPS) is 10.6. The predicted molar refractivity (Wildman–Crippen MR) is 47.2 cm³/mol. The summed E-state index contributed by atoms with van der Waals surface area (Å²) in [6, 6.07) is 0. The number of nitrogens with one attached hydrogen (secondary N) is 1. The van der Waals surface area contributed by atoms with Gasteiger partial charge in [0.1, 0.15) is 0 Å². The van der Waals surface area contributed by atoms with Crippen molar-refractivity contribution in [1.29, 1.82) is 0 Å². The summed E-state index contributed by atoms with van der Waals surface area (Å²) >= 11 is 0.